The van der Waals surface area contributed by atoms with Gasteiger partial charge in [-0.15, -0.1) is 0 Å². The predicted octanol–water partition coefficient (Wildman–Crippen LogP) is -3.28. The van der Waals surface area contributed by atoms with Crippen molar-refractivity contribution in [3.8, 4) is 0 Å². The molecule has 0 aromatic carbocycles. The molecule has 4 atom stereocenters. The van der Waals surface area contributed by atoms with Crippen molar-refractivity contribution >= 4 is 25.7 Å². The second-order valence-electron chi connectivity index (χ2n) is 4.81. The van der Waals surface area contributed by atoms with Gasteiger partial charge in [0.1, 0.15) is 18.4 Å². The summed E-state index contributed by atoms with van der Waals surface area (Å²) in [6.45, 7) is -0.614. The molecule has 0 aliphatic carbocycles. The van der Waals surface area contributed by atoms with Crippen molar-refractivity contribution in [1.82, 2.24) is 10.2 Å². The summed E-state index contributed by atoms with van der Waals surface area (Å²) in [5, 5.41) is 11.2. The lowest BCUT2D eigenvalue weighted by Crippen LogP contribution is -2.44. The molecule has 8 N–H and O–H groups in total. The van der Waals surface area contributed by atoms with E-state index in [4.69, 9.17) is 26.0 Å². The second kappa shape index (κ2) is 6.39. The molecule has 0 aromatic heterocycles. The highest BCUT2D eigenvalue weighted by Crippen LogP contribution is 2.42. The number of nitrogens with two attached hydrogens (primary N) is 2. The van der Waals surface area contributed by atoms with E-state index >= 15 is 0 Å². The molecule has 2 aliphatic heterocycles. The minimum atomic E-state index is -4.83. The number of nitrogens with zero attached hydrogens (tertiary/aromatic N) is 2. The van der Waals surface area contributed by atoms with E-state index in [2.05, 4.69) is 9.52 Å². The summed E-state index contributed by atoms with van der Waals surface area (Å²) in [6.07, 6.45) is -4.99. The number of aliphatic hydroxyl groups excluding tert-OH is 1. The highest BCUT2D eigenvalue weighted by molar-refractivity contribution is 7.46. The van der Waals surface area contributed by atoms with Crippen LogP contribution in [0.2, 0.25) is 0 Å². The molecule has 2 aliphatic rings. The maximum atomic E-state index is 11.9. The number of nitrogens with one attached hydrogen (secondary N) is 1. The van der Waals surface area contributed by atoms with Crippen LogP contribution in [0.4, 0.5) is 4.79 Å². The Balaban J connectivity index is 2.20. The quantitative estimate of drug-likeness (QED) is 0.0951. The number of phosphoric acid groups is 1. The lowest BCUT2D eigenvalue weighted by Gasteiger charge is -2.25. The van der Waals surface area contributed by atoms with Crippen LogP contribution in [0.15, 0.2) is 4.99 Å². The topological polar surface area (TPSA) is 210 Å². The van der Waals surface area contributed by atoms with Crippen LogP contribution >= 0.6 is 7.82 Å². The molecule has 0 spiro atoms. The zero-order valence-corrected chi connectivity index (χ0v) is 12.5. The van der Waals surface area contributed by atoms with Gasteiger partial charge in [-0.05, 0) is 0 Å². The van der Waals surface area contributed by atoms with Gasteiger partial charge in [0, 0.05) is 6.42 Å². The SMILES string of the molecule is NC(N)=NC1C(=[18O])NC(=O)N1[C@H]1C[C@H](OP(=O)(O)O)[C@@H](CO)O1. The summed E-state index contributed by atoms with van der Waals surface area (Å²) >= 11 is 0. The predicted molar refractivity (Wildman–Crippen MR) is 72.3 cm³/mol. The molecular formula is C9H16N5O8P. The highest BCUT2D eigenvalue weighted by Gasteiger charge is 2.49. The number of imide groups is 1. The van der Waals surface area contributed by atoms with Crippen molar-refractivity contribution in [2.45, 2.75) is 31.0 Å². The first-order chi connectivity index (χ1) is 10.6. The first-order valence-electron chi connectivity index (χ1n) is 6.34. The van der Waals surface area contributed by atoms with Crippen LogP contribution in [-0.4, -0.2) is 68.9 Å². The van der Waals surface area contributed by atoms with Gasteiger partial charge in [-0.3, -0.25) is 19.5 Å². The Morgan fingerprint density at radius 3 is 2.74 bits per heavy atom. The number of phosphoric ester groups is 1. The summed E-state index contributed by atoms with van der Waals surface area (Å²) in [4.78, 5) is 45.7. The molecule has 14 heteroatoms. The number of carbonyl (C=O) groups excluding carboxylic acids is 2. The first-order valence-corrected chi connectivity index (χ1v) is 7.87. The Hall–Kier alpha value is -1.76. The molecule has 13 nitrogen and oxygen atoms in total. The Kier molecular flexibility index (Phi) is 4.89. The monoisotopic (exact) mass is 355 g/mol. The Labute approximate surface area is 129 Å². The van der Waals surface area contributed by atoms with E-state index < -0.39 is 56.9 Å². The maximum absolute atomic E-state index is 11.9. The van der Waals surface area contributed by atoms with Crippen LogP contribution < -0.4 is 16.8 Å². The van der Waals surface area contributed by atoms with Crippen LogP contribution in [0.25, 0.3) is 0 Å². The molecule has 3 amide bonds. The lowest BCUT2D eigenvalue weighted by atomic mass is 10.2. The van der Waals surface area contributed by atoms with Crippen LogP contribution in [-0.2, 0) is 18.6 Å². The Morgan fingerprint density at radius 2 is 2.22 bits per heavy atom. The molecule has 2 rings (SSSR count). The van der Waals surface area contributed by atoms with Crippen LogP contribution in [0, 0.1) is 0 Å². The average Bonchev–Trinajstić information content (AvgIpc) is 2.88. The normalized spacial score (nSPS) is 31.3. The molecule has 1 unspecified atom stereocenters. The number of aliphatic imine (C=N–C) groups is 1. The van der Waals surface area contributed by atoms with E-state index in [1.807, 2.05) is 5.32 Å². The van der Waals surface area contributed by atoms with Crippen molar-refractivity contribution in [3.63, 3.8) is 0 Å². The number of hydrogen-bond acceptors (Lipinski definition) is 7. The highest BCUT2D eigenvalue weighted by atomic mass is 31.2. The third-order valence-corrected chi connectivity index (χ3v) is 3.72. The van der Waals surface area contributed by atoms with E-state index in [0.29, 0.717) is 0 Å². The molecule has 130 valence electrons. The standard InChI is InChI=1S/C9H16N5O8P/c10-8(11)12-6-7(16)13-9(17)14(6)5-1-3(4(2-15)21-5)22-23(18,19)20/h3-6,15H,1-2H2,(H4,10,11,12)(H,13,16,17)(H2,18,19,20)/t3-,4+,5+,6?/m0/s1/i16+2. The summed E-state index contributed by atoms with van der Waals surface area (Å²) in [5.74, 6) is -1.23. The zero-order chi connectivity index (χ0) is 17.4. The molecular weight excluding hydrogens is 339 g/mol. The number of rotatable bonds is 5. The number of aliphatic hydroxyl groups is 1. The van der Waals surface area contributed by atoms with Crippen LogP contribution in [0.5, 0.6) is 0 Å². The van der Waals surface area contributed by atoms with E-state index in [0.717, 1.165) is 4.90 Å². The van der Waals surface area contributed by atoms with E-state index in [1.54, 1.807) is 0 Å². The molecule has 0 aromatic rings. The first kappa shape index (κ1) is 17.6. The van der Waals surface area contributed by atoms with Crippen LogP contribution in [0.1, 0.15) is 6.42 Å². The van der Waals surface area contributed by atoms with Gasteiger partial charge in [0.2, 0.25) is 6.17 Å². The van der Waals surface area contributed by atoms with E-state index in [-0.39, 0.29) is 6.42 Å². The van der Waals surface area contributed by atoms with Crippen LogP contribution in [0.3, 0.4) is 0 Å². The fraction of sp³-hybridized carbons (Fsp3) is 0.667. The maximum Gasteiger partial charge on any atom is 0.469 e. The number of ether oxygens (including phenoxy) is 1. The second-order valence-corrected chi connectivity index (χ2v) is 6.00. The van der Waals surface area contributed by atoms with E-state index in [1.165, 1.54) is 0 Å². The Bertz CT molecular complexity index is 574. The van der Waals surface area contributed by atoms with Crippen molar-refractivity contribution in [3.05, 3.63) is 0 Å². The third kappa shape index (κ3) is 3.96. The average molecular weight is 355 g/mol. The number of urea groups is 1. The molecule has 23 heavy (non-hydrogen) atoms. The minimum Gasteiger partial charge on any atom is -0.394 e. The fourth-order valence-electron chi connectivity index (χ4n) is 2.34. The van der Waals surface area contributed by atoms with Crippen molar-refractivity contribution in [2.75, 3.05) is 6.61 Å². The number of guanidine groups is 1. The third-order valence-electron chi connectivity index (χ3n) is 3.18. The fourth-order valence-corrected chi connectivity index (χ4v) is 2.92. The lowest BCUT2D eigenvalue weighted by molar-refractivity contribution is -0.124. The largest absolute Gasteiger partial charge is 0.469 e. The molecule has 2 saturated heterocycles. The van der Waals surface area contributed by atoms with Gasteiger partial charge < -0.3 is 31.1 Å². The van der Waals surface area contributed by atoms with Gasteiger partial charge in [-0.2, -0.15) is 0 Å². The smallest absolute Gasteiger partial charge is 0.394 e. The summed E-state index contributed by atoms with van der Waals surface area (Å²) < 4.78 is 20.8. The molecule has 0 bridgehead atoms. The van der Waals surface area contributed by atoms with Gasteiger partial charge >= 0.3 is 13.9 Å². The van der Waals surface area contributed by atoms with Gasteiger partial charge in [0.25, 0.3) is 5.91 Å². The van der Waals surface area contributed by atoms with Gasteiger partial charge in [-0.1, -0.05) is 0 Å². The zero-order valence-electron chi connectivity index (χ0n) is 11.6. The van der Waals surface area contributed by atoms with Crippen molar-refractivity contribution < 1.29 is 38.3 Å². The van der Waals surface area contributed by atoms with Crippen molar-refractivity contribution in [1.29, 1.82) is 0 Å². The van der Waals surface area contributed by atoms with Gasteiger partial charge in [-0.25, -0.2) is 14.4 Å². The molecule has 0 saturated carbocycles. The molecule has 2 fully saturated rings. The number of amides is 3. The minimum absolute atomic E-state index is 0.201. The Morgan fingerprint density at radius 1 is 1.57 bits per heavy atom. The number of hydrogen-bond donors (Lipinski definition) is 6. The van der Waals surface area contributed by atoms with Gasteiger partial charge in [0.05, 0.1) is 6.61 Å². The molecule has 2 heterocycles. The summed E-state index contributed by atoms with van der Waals surface area (Å²) in [7, 11) is -4.83. The summed E-state index contributed by atoms with van der Waals surface area (Å²) in [6, 6.07) is -0.844. The van der Waals surface area contributed by atoms with E-state index in [9.17, 15) is 19.3 Å². The summed E-state index contributed by atoms with van der Waals surface area (Å²) in [5.41, 5.74) is 10.4. The van der Waals surface area contributed by atoms with Gasteiger partial charge in [0.15, 0.2) is 5.96 Å². The van der Waals surface area contributed by atoms with Crippen molar-refractivity contribution in [2.24, 2.45) is 16.5 Å². The number of carbonyl (C=O) groups is 2. The molecule has 0 radical (unpaired) electrons.